The highest BCUT2D eigenvalue weighted by atomic mass is 19.1. The van der Waals surface area contributed by atoms with E-state index in [9.17, 15) is 8.78 Å². The standard InChI is InChI=1S/C24H24F2N4O2/c1-31-21-7-22(32-2)24(26)19(23(21)25)5-15-3-4-20-18(15)6-16(10-28-20)17-11-29-30(13-17)12-14-8-27-9-14/h3,6-7,10-11,13-14,27H,4-5,8-9,12H2,1-2H3. The zero-order chi connectivity index (χ0) is 22.2. The van der Waals surface area contributed by atoms with E-state index in [0.717, 1.165) is 47.6 Å². The number of ether oxygens (including phenoxy) is 2. The average Bonchev–Trinajstić information content (AvgIpc) is 3.40. The molecule has 5 rings (SSSR count). The number of allylic oxidation sites excluding steroid dienone is 2. The third-order valence-corrected chi connectivity index (χ3v) is 6.17. The highest BCUT2D eigenvalue weighted by Crippen LogP contribution is 2.37. The number of nitrogens with one attached hydrogen (secondary N) is 1. The predicted molar refractivity (Wildman–Crippen MR) is 117 cm³/mol. The summed E-state index contributed by atoms with van der Waals surface area (Å²) in [4.78, 5) is 4.60. The van der Waals surface area contributed by atoms with E-state index in [0.29, 0.717) is 12.3 Å². The Labute approximate surface area is 184 Å². The number of rotatable bonds is 7. The van der Waals surface area contributed by atoms with Gasteiger partial charge < -0.3 is 14.8 Å². The van der Waals surface area contributed by atoms with Gasteiger partial charge in [0.2, 0.25) is 0 Å². The zero-order valence-electron chi connectivity index (χ0n) is 18.0. The monoisotopic (exact) mass is 438 g/mol. The molecular weight excluding hydrogens is 414 g/mol. The average molecular weight is 438 g/mol. The van der Waals surface area contributed by atoms with Crippen molar-refractivity contribution in [1.82, 2.24) is 20.1 Å². The van der Waals surface area contributed by atoms with Crippen molar-refractivity contribution < 1.29 is 18.3 Å². The normalized spacial score (nSPS) is 15.3. The van der Waals surface area contributed by atoms with Gasteiger partial charge in [-0.1, -0.05) is 6.08 Å². The third-order valence-electron chi connectivity index (χ3n) is 6.17. The molecule has 1 aliphatic carbocycles. The summed E-state index contributed by atoms with van der Waals surface area (Å²) in [6.07, 6.45) is 8.36. The molecule has 166 valence electrons. The Morgan fingerprint density at radius 3 is 2.47 bits per heavy atom. The number of nitrogens with zero attached hydrogens (tertiary/aromatic N) is 3. The van der Waals surface area contributed by atoms with E-state index in [2.05, 4.69) is 15.4 Å². The molecule has 1 aliphatic heterocycles. The number of pyridine rings is 1. The second kappa shape index (κ2) is 8.35. The minimum atomic E-state index is -0.712. The fraction of sp³-hybridized carbons (Fsp3) is 0.333. The lowest BCUT2D eigenvalue weighted by atomic mass is 9.97. The summed E-state index contributed by atoms with van der Waals surface area (Å²) in [5.41, 5.74) is 4.45. The van der Waals surface area contributed by atoms with Crippen LogP contribution in [0.3, 0.4) is 0 Å². The molecule has 1 N–H and O–H groups in total. The van der Waals surface area contributed by atoms with Crippen molar-refractivity contribution in [2.75, 3.05) is 27.3 Å². The Bertz CT molecular complexity index is 1170. The van der Waals surface area contributed by atoms with E-state index in [1.165, 1.54) is 20.3 Å². The number of halogens is 2. The van der Waals surface area contributed by atoms with Crippen LogP contribution in [0.2, 0.25) is 0 Å². The first kappa shape index (κ1) is 20.6. The molecule has 0 amide bonds. The summed E-state index contributed by atoms with van der Waals surface area (Å²) >= 11 is 0. The molecule has 0 radical (unpaired) electrons. The first-order valence-electron chi connectivity index (χ1n) is 10.6. The van der Waals surface area contributed by atoms with E-state index >= 15 is 0 Å². The topological polar surface area (TPSA) is 61.2 Å². The highest BCUT2D eigenvalue weighted by molar-refractivity contribution is 5.77. The van der Waals surface area contributed by atoms with Gasteiger partial charge in [0, 0.05) is 79.1 Å². The minimum Gasteiger partial charge on any atom is -0.494 e. The maximum atomic E-state index is 14.9. The van der Waals surface area contributed by atoms with Crippen molar-refractivity contribution >= 4 is 5.57 Å². The van der Waals surface area contributed by atoms with Crippen molar-refractivity contribution in [3.05, 3.63) is 65.3 Å². The zero-order valence-corrected chi connectivity index (χ0v) is 18.0. The van der Waals surface area contributed by atoms with Crippen LogP contribution in [0, 0.1) is 17.6 Å². The van der Waals surface area contributed by atoms with Crippen molar-refractivity contribution in [2.24, 2.45) is 5.92 Å². The molecule has 1 aromatic carbocycles. The van der Waals surface area contributed by atoms with E-state index < -0.39 is 11.6 Å². The molecular formula is C24H24F2N4O2. The number of hydrogen-bond acceptors (Lipinski definition) is 5. The Balaban J connectivity index is 1.43. The first-order chi connectivity index (χ1) is 15.6. The fourth-order valence-corrected chi connectivity index (χ4v) is 4.23. The molecule has 0 bridgehead atoms. The molecule has 3 aromatic rings. The number of aromatic nitrogens is 3. The Kier molecular flexibility index (Phi) is 5.38. The molecule has 3 heterocycles. The molecule has 0 unspecified atom stereocenters. The van der Waals surface area contributed by atoms with Crippen molar-refractivity contribution in [1.29, 1.82) is 0 Å². The van der Waals surface area contributed by atoms with Gasteiger partial charge in [0.15, 0.2) is 23.1 Å². The van der Waals surface area contributed by atoms with Gasteiger partial charge in [0.25, 0.3) is 0 Å². The molecule has 0 spiro atoms. The van der Waals surface area contributed by atoms with Crippen LogP contribution in [0.4, 0.5) is 8.78 Å². The van der Waals surface area contributed by atoms with Gasteiger partial charge in [-0.25, -0.2) is 8.78 Å². The smallest absolute Gasteiger partial charge is 0.171 e. The maximum Gasteiger partial charge on any atom is 0.171 e. The van der Waals surface area contributed by atoms with Gasteiger partial charge >= 0.3 is 0 Å². The Morgan fingerprint density at radius 2 is 1.81 bits per heavy atom. The molecule has 2 aromatic heterocycles. The first-order valence-corrected chi connectivity index (χ1v) is 10.6. The second-order valence-corrected chi connectivity index (χ2v) is 8.19. The van der Waals surface area contributed by atoms with Crippen LogP contribution in [-0.4, -0.2) is 42.1 Å². The minimum absolute atomic E-state index is 0.0435. The Morgan fingerprint density at radius 1 is 1.06 bits per heavy atom. The molecule has 0 saturated carbocycles. The molecule has 1 fully saturated rings. The van der Waals surface area contributed by atoms with Crippen LogP contribution in [0.5, 0.6) is 11.5 Å². The molecule has 8 heteroatoms. The number of benzene rings is 1. The largest absolute Gasteiger partial charge is 0.494 e. The van der Waals surface area contributed by atoms with E-state index in [1.807, 2.05) is 35.4 Å². The summed E-state index contributed by atoms with van der Waals surface area (Å²) < 4.78 is 41.9. The summed E-state index contributed by atoms with van der Waals surface area (Å²) in [6, 6.07) is 3.25. The number of methoxy groups -OCH3 is 2. The van der Waals surface area contributed by atoms with Gasteiger partial charge in [0.1, 0.15) is 0 Å². The molecule has 6 nitrogen and oxygen atoms in total. The lowest BCUT2D eigenvalue weighted by Gasteiger charge is -2.26. The van der Waals surface area contributed by atoms with Crippen molar-refractivity contribution in [3.8, 4) is 22.6 Å². The van der Waals surface area contributed by atoms with E-state index in [-0.39, 0.29) is 23.5 Å². The highest BCUT2D eigenvalue weighted by Gasteiger charge is 2.24. The van der Waals surface area contributed by atoms with Gasteiger partial charge in [0.05, 0.1) is 26.1 Å². The van der Waals surface area contributed by atoms with Gasteiger partial charge in [-0.15, -0.1) is 0 Å². The summed E-state index contributed by atoms with van der Waals surface area (Å²) in [7, 11) is 2.70. The van der Waals surface area contributed by atoms with Gasteiger partial charge in [-0.2, -0.15) is 5.10 Å². The van der Waals surface area contributed by atoms with E-state index in [1.54, 1.807) is 0 Å². The molecule has 2 aliphatic rings. The molecule has 1 saturated heterocycles. The molecule has 0 atom stereocenters. The lowest BCUT2D eigenvalue weighted by molar-refractivity contribution is 0.295. The summed E-state index contributed by atoms with van der Waals surface area (Å²) in [5, 5.41) is 7.74. The maximum absolute atomic E-state index is 14.9. The van der Waals surface area contributed by atoms with Crippen LogP contribution in [-0.2, 0) is 19.4 Å². The summed E-state index contributed by atoms with van der Waals surface area (Å²) in [5.74, 6) is -0.900. The van der Waals surface area contributed by atoms with Gasteiger partial charge in [-0.3, -0.25) is 9.67 Å². The van der Waals surface area contributed by atoms with E-state index in [4.69, 9.17) is 9.47 Å². The fourth-order valence-electron chi connectivity index (χ4n) is 4.23. The second-order valence-electron chi connectivity index (χ2n) is 8.19. The molecule has 32 heavy (non-hydrogen) atoms. The number of fused-ring (bicyclic) bond motifs is 1. The van der Waals surface area contributed by atoms with Crippen LogP contribution in [0.1, 0.15) is 16.8 Å². The lowest BCUT2D eigenvalue weighted by Crippen LogP contribution is -2.44. The summed E-state index contributed by atoms with van der Waals surface area (Å²) in [6.45, 7) is 2.92. The quantitative estimate of drug-likeness (QED) is 0.610. The third kappa shape index (κ3) is 3.64. The van der Waals surface area contributed by atoms with Crippen molar-refractivity contribution in [2.45, 2.75) is 19.4 Å². The predicted octanol–water partition coefficient (Wildman–Crippen LogP) is 3.64. The van der Waals surface area contributed by atoms with Crippen LogP contribution in [0.25, 0.3) is 16.7 Å². The van der Waals surface area contributed by atoms with Crippen LogP contribution in [0.15, 0.2) is 36.8 Å². The number of hydrogen-bond donors (Lipinski definition) is 1. The van der Waals surface area contributed by atoms with Crippen LogP contribution < -0.4 is 14.8 Å². The SMILES string of the molecule is COc1cc(OC)c(F)c(CC2=CCc3ncc(-c4cnn(CC5CNC5)c4)cc32)c1F. The van der Waals surface area contributed by atoms with Gasteiger partial charge in [-0.05, 0) is 11.6 Å². The van der Waals surface area contributed by atoms with Crippen LogP contribution >= 0.6 is 0 Å². The van der Waals surface area contributed by atoms with Crippen molar-refractivity contribution in [3.63, 3.8) is 0 Å². The Hall–Kier alpha value is -3.26.